The normalized spacial score (nSPS) is 11.9. The minimum absolute atomic E-state index is 0.278. The second kappa shape index (κ2) is 6.11. The van der Waals surface area contributed by atoms with Gasteiger partial charge in [0.05, 0.1) is 34.9 Å². The van der Waals surface area contributed by atoms with Crippen LogP contribution in [0.3, 0.4) is 0 Å². The minimum Gasteiger partial charge on any atom is -0.309 e. The van der Waals surface area contributed by atoms with Gasteiger partial charge in [-0.3, -0.25) is 4.57 Å². The van der Waals surface area contributed by atoms with E-state index in [0.717, 1.165) is 9.35 Å². The van der Waals surface area contributed by atoms with Crippen molar-refractivity contribution in [2.75, 3.05) is 13.2 Å². The molecule has 1 aromatic rings. The average molecular weight is 314 g/mol. The highest BCUT2D eigenvalue weighted by atomic mass is 79.9. The summed E-state index contributed by atoms with van der Waals surface area (Å²) in [7, 11) is -2.99. The summed E-state index contributed by atoms with van der Waals surface area (Å²) in [5, 5.41) is 0. The lowest BCUT2D eigenvalue weighted by Crippen LogP contribution is -1.98. The molecule has 1 aromatic heterocycles. The predicted molar refractivity (Wildman–Crippen MR) is 64.4 cm³/mol. The molecule has 0 spiro atoms. The number of hydrogen-bond acceptors (Lipinski definition) is 5. The van der Waals surface area contributed by atoms with Crippen molar-refractivity contribution in [1.29, 1.82) is 0 Å². The highest BCUT2D eigenvalue weighted by Crippen LogP contribution is 2.52. The molecule has 7 heteroatoms. The first-order valence-corrected chi connectivity index (χ1v) is 7.88. The fourth-order valence-electron chi connectivity index (χ4n) is 1.05. The molecule has 1 heterocycles. The van der Waals surface area contributed by atoms with Crippen molar-refractivity contribution in [2.24, 2.45) is 0 Å². The molecular formula is C8H13BrNO3PS. The Morgan fingerprint density at radius 1 is 1.47 bits per heavy atom. The fourth-order valence-corrected chi connectivity index (χ4v) is 4.56. The molecule has 0 radical (unpaired) electrons. The topological polar surface area (TPSA) is 48.4 Å². The third kappa shape index (κ3) is 3.96. The van der Waals surface area contributed by atoms with Crippen LogP contribution in [-0.4, -0.2) is 17.6 Å². The zero-order chi connectivity index (χ0) is 11.3. The Balaban J connectivity index is 2.75. The van der Waals surface area contributed by atoms with E-state index in [1.807, 2.05) is 0 Å². The predicted octanol–water partition coefficient (Wildman–Crippen LogP) is 3.67. The Morgan fingerprint density at radius 3 is 2.47 bits per heavy atom. The molecule has 0 saturated heterocycles. The van der Waals surface area contributed by atoms with Crippen molar-refractivity contribution in [2.45, 2.75) is 20.0 Å². The summed E-state index contributed by atoms with van der Waals surface area (Å²) >= 11 is 4.64. The zero-order valence-electron chi connectivity index (χ0n) is 8.60. The van der Waals surface area contributed by atoms with Gasteiger partial charge in [-0.1, -0.05) is 0 Å². The molecule has 0 aromatic carbocycles. The Kier molecular flexibility index (Phi) is 5.43. The molecule has 0 unspecified atom stereocenters. The van der Waals surface area contributed by atoms with Gasteiger partial charge in [-0.2, -0.15) is 4.37 Å². The summed E-state index contributed by atoms with van der Waals surface area (Å²) in [6.07, 6.45) is 1.96. The average Bonchev–Trinajstić information content (AvgIpc) is 2.52. The van der Waals surface area contributed by atoms with Crippen molar-refractivity contribution in [3.05, 3.63) is 15.5 Å². The Hall–Kier alpha value is 0.260. The molecule has 0 aliphatic rings. The summed E-state index contributed by atoms with van der Waals surface area (Å²) in [6, 6.07) is 0. The van der Waals surface area contributed by atoms with E-state index in [1.54, 1.807) is 20.0 Å². The molecule has 15 heavy (non-hydrogen) atoms. The Bertz CT molecular complexity index is 347. The van der Waals surface area contributed by atoms with Gasteiger partial charge in [-0.15, -0.1) is 0 Å². The highest BCUT2D eigenvalue weighted by molar-refractivity contribution is 9.10. The molecule has 4 nitrogen and oxygen atoms in total. The summed E-state index contributed by atoms with van der Waals surface area (Å²) < 4.78 is 27.4. The van der Waals surface area contributed by atoms with Crippen LogP contribution in [0.1, 0.15) is 18.7 Å². The lowest BCUT2D eigenvalue weighted by molar-refractivity contribution is 0.219. The molecule has 0 saturated carbocycles. The van der Waals surface area contributed by atoms with E-state index in [2.05, 4.69) is 20.3 Å². The van der Waals surface area contributed by atoms with Gasteiger partial charge in [0.1, 0.15) is 0 Å². The third-order valence-corrected chi connectivity index (χ3v) is 5.55. The second-order valence-electron chi connectivity index (χ2n) is 2.70. The molecule has 0 amide bonds. The van der Waals surface area contributed by atoms with E-state index < -0.39 is 7.60 Å². The standard InChI is InChI=1S/C8H13BrNO3PS/c1-3-12-14(11,13-4-2)6-8-7(9)5-10-15-8/h5H,3-4,6H2,1-2H3. The van der Waals surface area contributed by atoms with Crippen LogP contribution in [0.5, 0.6) is 0 Å². The first kappa shape index (κ1) is 13.3. The Morgan fingerprint density at radius 2 is 2.07 bits per heavy atom. The maximum absolute atomic E-state index is 12.1. The smallest absolute Gasteiger partial charge is 0.309 e. The van der Waals surface area contributed by atoms with Crippen molar-refractivity contribution < 1.29 is 13.6 Å². The van der Waals surface area contributed by atoms with E-state index in [-0.39, 0.29) is 6.16 Å². The summed E-state index contributed by atoms with van der Waals surface area (Å²) in [5.41, 5.74) is 0. The molecule has 0 aliphatic heterocycles. The SMILES string of the molecule is CCOP(=O)(Cc1sncc1Br)OCC. The number of hydrogen-bond donors (Lipinski definition) is 0. The molecule has 86 valence electrons. The van der Waals surface area contributed by atoms with Gasteiger partial charge in [0, 0.05) is 0 Å². The number of nitrogens with zero attached hydrogens (tertiary/aromatic N) is 1. The van der Waals surface area contributed by atoms with Crippen LogP contribution in [0.2, 0.25) is 0 Å². The van der Waals surface area contributed by atoms with E-state index >= 15 is 0 Å². The first-order valence-electron chi connectivity index (χ1n) is 4.58. The second-order valence-corrected chi connectivity index (χ2v) is 6.50. The van der Waals surface area contributed by atoms with E-state index in [1.165, 1.54) is 11.5 Å². The first-order chi connectivity index (χ1) is 7.11. The monoisotopic (exact) mass is 313 g/mol. The van der Waals surface area contributed by atoms with Gasteiger partial charge in [0.15, 0.2) is 0 Å². The van der Waals surface area contributed by atoms with Gasteiger partial charge in [0.25, 0.3) is 0 Å². The number of rotatable bonds is 6. The van der Waals surface area contributed by atoms with E-state index in [4.69, 9.17) is 9.05 Å². The quantitative estimate of drug-likeness (QED) is 0.752. The van der Waals surface area contributed by atoms with Gasteiger partial charge >= 0.3 is 7.60 Å². The number of aromatic nitrogens is 1. The molecular weight excluding hydrogens is 301 g/mol. The van der Waals surface area contributed by atoms with Crippen molar-refractivity contribution in [3.8, 4) is 0 Å². The maximum Gasteiger partial charge on any atom is 0.335 e. The van der Waals surface area contributed by atoms with Crippen LogP contribution in [0.25, 0.3) is 0 Å². The van der Waals surface area contributed by atoms with Crippen LogP contribution in [-0.2, 0) is 19.8 Å². The van der Waals surface area contributed by atoms with Crippen LogP contribution in [0.4, 0.5) is 0 Å². The molecule has 1 rings (SSSR count). The van der Waals surface area contributed by atoms with E-state index in [0.29, 0.717) is 13.2 Å². The Labute approximate surface area is 102 Å². The van der Waals surface area contributed by atoms with Crippen LogP contribution in [0.15, 0.2) is 10.7 Å². The molecule has 0 aliphatic carbocycles. The molecule has 0 fully saturated rings. The van der Waals surface area contributed by atoms with Crippen LogP contribution < -0.4 is 0 Å². The summed E-state index contributed by atoms with van der Waals surface area (Å²) in [4.78, 5) is 0.889. The van der Waals surface area contributed by atoms with Crippen molar-refractivity contribution in [1.82, 2.24) is 4.37 Å². The highest BCUT2D eigenvalue weighted by Gasteiger charge is 2.26. The fraction of sp³-hybridized carbons (Fsp3) is 0.625. The zero-order valence-corrected chi connectivity index (χ0v) is 11.9. The molecule has 0 atom stereocenters. The van der Waals surface area contributed by atoms with Gasteiger partial charge in [0.2, 0.25) is 0 Å². The van der Waals surface area contributed by atoms with Crippen LogP contribution in [0, 0.1) is 0 Å². The summed E-state index contributed by atoms with van der Waals surface area (Å²) in [6.45, 7) is 4.36. The third-order valence-electron chi connectivity index (χ3n) is 1.58. The van der Waals surface area contributed by atoms with E-state index in [9.17, 15) is 4.57 Å². The lowest BCUT2D eigenvalue weighted by Gasteiger charge is -2.15. The van der Waals surface area contributed by atoms with Gasteiger partial charge in [-0.25, -0.2) is 0 Å². The summed E-state index contributed by atoms with van der Waals surface area (Å²) in [5.74, 6) is 0. The lowest BCUT2D eigenvalue weighted by atomic mass is 10.6. The van der Waals surface area contributed by atoms with Gasteiger partial charge in [-0.05, 0) is 41.3 Å². The minimum atomic E-state index is -2.99. The largest absolute Gasteiger partial charge is 0.335 e. The number of halogens is 1. The van der Waals surface area contributed by atoms with Crippen molar-refractivity contribution >= 4 is 35.1 Å². The van der Waals surface area contributed by atoms with Crippen LogP contribution >= 0.6 is 35.1 Å². The van der Waals surface area contributed by atoms with Gasteiger partial charge < -0.3 is 9.05 Å². The molecule has 0 bridgehead atoms. The van der Waals surface area contributed by atoms with Crippen molar-refractivity contribution in [3.63, 3.8) is 0 Å². The molecule has 0 N–H and O–H groups in total. The maximum atomic E-state index is 12.1.